The van der Waals surface area contributed by atoms with Crippen LogP contribution in [0.2, 0.25) is 0 Å². The SMILES string of the molecule is Cc1csc(SCCNC(C)C)n1. The Bertz CT molecular complexity index is 246. The molecule has 1 aromatic heterocycles. The van der Waals surface area contributed by atoms with Gasteiger partial charge in [-0.05, 0) is 6.92 Å². The summed E-state index contributed by atoms with van der Waals surface area (Å²) in [6, 6.07) is 0.582. The molecule has 1 rings (SSSR count). The fraction of sp³-hybridized carbons (Fsp3) is 0.667. The Morgan fingerprint density at radius 1 is 1.62 bits per heavy atom. The Morgan fingerprint density at radius 3 is 2.92 bits per heavy atom. The van der Waals surface area contributed by atoms with Gasteiger partial charge in [0.25, 0.3) is 0 Å². The maximum absolute atomic E-state index is 4.38. The minimum Gasteiger partial charge on any atom is -0.314 e. The van der Waals surface area contributed by atoms with Gasteiger partial charge in [0.05, 0.1) is 0 Å². The number of rotatable bonds is 5. The lowest BCUT2D eigenvalue weighted by Crippen LogP contribution is -2.24. The monoisotopic (exact) mass is 216 g/mol. The molecule has 0 atom stereocenters. The molecule has 0 fully saturated rings. The van der Waals surface area contributed by atoms with Crippen LogP contribution in [0.4, 0.5) is 0 Å². The predicted octanol–water partition coefficient (Wildman–Crippen LogP) is 2.54. The molecule has 0 amide bonds. The van der Waals surface area contributed by atoms with Crippen LogP contribution in [0.1, 0.15) is 19.5 Å². The molecule has 1 aromatic rings. The minimum atomic E-state index is 0.582. The summed E-state index contributed by atoms with van der Waals surface area (Å²) in [5.41, 5.74) is 1.13. The highest BCUT2D eigenvalue weighted by atomic mass is 32.2. The number of aromatic nitrogens is 1. The van der Waals surface area contributed by atoms with E-state index in [0.717, 1.165) is 18.0 Å². The molecular weight excluding hydrogens is 200 g/mol. The lowest BCUT2D eigenvalue weighted by atomic mass is 10.4. The number of thiazole rings is 1. The number of hydrogen-bond donors (Lipinski definition) is 1. The summed E-state index contributed by atoms with van der Waals surface area (Å²) in [4.78, 5) is 4.38. The van der Waals surface area contributed by atoms with Crippen LogP contribution in [0.25, 0.3) is 0 Å². The average Bonchev–Trinajstić information content (AvgIpc) is 2.45. The van der Waals surface area contributed by atoms with Crippen molar-refractivity contribution in [3.05, 3.63) is 11.1 Å². The van der Waals surface area contributed by atoms with Crippen molar-refractivity contribution >= 4 is 23.1 Å². The van der Waals surface area contributed by atoms with E-state index in [1.54, 1.807) is 11.3 Å². The molecule has 0 spiro atoms. The standard InChI is InChI=1S/C9H16N2S2/c1-7(2)10-4-5-12-9-11-8(3)6-13-9/h6-7,10H,4-5H2,1-3H3. The van der Waals surface area contributed by atoms with Crippen LogP contribution in [0.5, 0.6) is 0 Å². The molecule has 1 N–H and O–H groups in total. The van der Waals surface area contributed by atoms with Gasteiger partial charge in [-0.15, -0.1) is 11.3 Å². The average molecular weight is 216 g/mol. The molecular formula is C9H16N2S2. The maximum atomic E-state index is 4.38. The van der Waals surface area contributed by atoms with E-state index in [2.05, 4.69) is 29.5 Å². The zero-order valence-corrected chi connectivity index (χ0v) is 9.97. The summed E-state index contributed by atoms with van der Waals surface area (Å²) in [6.07, 6.45) is 0. The van der Waals surface area contributed by atoms with Crippen molar-refractivity contribution in [3.8, 4) is 0 Å². The maximum Gasteiger partial charge on any atom is 0.150 e. The Labute approximate surface area is 88.2 Å². The second kappa shape index (κ2) is 5.62. The van der Waals surface area contributed by atoms with E-state index < -0.39 is 0 Å². The van der Waals surface area contributed by atoms with Crippen molar-refractivity contribution in [2.75, 3.05) is 12.3 Å². The van der Waals surface area contributed by atoms with Crippen molar-refractivity contribution < 1.29 is 0 Å². The predicted molar refractivity (Wildman–Crippen MR) is 60.7 cm³/mol. The third-order valence-electron chi connectivity index (χ3n) is 1.48. The van der Waals surface area contributed by atoms with E-state index in [1.165, 1.54) is 4.34 Å². The summed E-state index contributed by atoms with van der Waals surface area (Å²) in [5, 5.41) is 5.47. The number of thioether (sulfide) groups is 1. The first-order valence-electron chi connectivity index (χ1n) is 4.47. The molecule has 74 valence electrons. The van der Waals surface area contributed by atoms with E-state index >= 15 is 0 Å². The first-order valence-corrected chi connectivity index (χ1v) is 6.33. The number of nitrogens with one attached hydrogen (secondary N) is 1. The molecule has 0 aromatic carbocycles. The second-order valence-electron chi connectivity index (χ2n) is 3.21. The Hall–Kier alpha value is -0.0600. The summed E-state index contributed by atoms with van der Waals surface area (Å²) in [6.45, 7) is 7.42. The van der Waals surface area contributed by atoms with Crippen molar-refractivity contribution in [1.82, 2.24) is 10.3 Å². The quantitative estimate of drug-likeness (QED) is 0.605. The smallest absolute Gasteiger partial charge is 0.150 e. The van der Waals surface area contributed by atoms with Crippen molar-refractivity contribution in [3.63, 3.8) is 0 Å². The van der Waals surface area contributed by atoms with Crippen LogP contribution >= 0.6 is 23.1 Å². The Kier molecular flexibility index (Phi) is 4.77. The summed E-state index contributed by atoms with van der Waals surface area (Å²) in [5.74, 6) is 1.10. The molecule has 0 saturated heterocycles. The summed E-state index contributed by atoms with van der Waals surface area (Å²) in [7, 11) is 0. The van der Waals surface area contributed by atoms with Crippen LogP contribution in [-0.4, -0.2) is 23.3 Å². The van der Waals surface area contributed by atoms with Crippen LogP contribution in [0, 0.1) is 6.92 Å². The van der Waals surface area contributed by atoms with Crippen molar-refractivity contribution in [2.24, 2.45) is 0 Å². The molecule has 0 aliphatic rings. The Morgan fingerprint density at radius 2 is 2.38 bits per heavy atom. The molecule has 13 heavy (non-hydrogen) atoms. The fourth-order valence-electron chi connectivity index (χ4n) is 0.885. The van der Waals surface area contributed by atoms with Gasteiger partial charge in [-0.25, -0.2) is 4.98 Å². The van der Waals surface area contributed by atoms with Crippen LogP contribution in [0.15, 0.2) is 9.72 Å². The van der Waals surface area contributed by atoms with Crippen molar-refractivity contribution in [2.45, 2.75) is 31.2 Å². The molecule has 0 unspecified atom stereocenters. The molecule has 0 radical (unpaired) electrons. The first-order chi connectivity index (χ1) is 6.18. The first kappa shape index (κ1) is 11.0. The topological polar surface area (TPSA) is 24.9 Å². The normalized spacial score (nSPS) is 11.1. The van der Waals surface area contributed by atoms with E-state index in [9.17, 15) is 0 Å². The van der Waals surface area contributed by atoms with Crippen molar-refractivity contribution in [1.29, 1.82) is 0 Å². The van der Waals surface area contributed by atoms with E-state index in [1.807, 2.05) is 18.7 Å². The van der Waals surface area contributed by atoms with Crippen LogP contribution < -0.4 is 5.32 Å². The number of nitrogens with zero attached hydrogens (tertiary/aromatic N) is 1. The van der Waals surface area contributed by atoms with Gasteiger partial charge in [0.1, 0.15) is 4.34 Å². The molecule has 0 aliphatic carbocycles. The highest BCUT2D eigenvalue weighted by molar-refractivity contribution is 8.01. The molecule has 4 heteroatoms. The summed E-state index contributed by atoms with van der Waals surface area (Å²) >= 11 is 3.56. The highest BCUT2D eigenvalue weighted by Gasteiger charge is 1.98. The zero-order chi connectivity index (χ0) is 9.68. The minimum absolute atomic E-state index is 0.582. The fourth-order valence-corrected chi connectivity index (χ4v) is 2.67. The molecule has 1 heterocycles. The molecule has 0 aliphatic heterocycles. The van der Waals surface area contributed by atoms with Gasteiger partial charge in [0, 0.05) is 29.4 Å². The third kappa shape index (κ3) is 4.64. The van der Waals surface area contributed by atoms with Gasteiger partial charge in [0.2, 0.25) is 0 Å². The zero-order valence-electron chi connectivity index (χ0n) is 8.33. The van der Waals surface area contributed by atoms with Gasteiger partial charge in [-0.1, -0.05) is 25.6 Å². The lowest BCUT2D eigenvalue weighted by molar-refractivity contribution is 0.616. The van der Waals surface area contributed by atoms with Gasteiger partial charge >= 0.3 is 0 Å². The van der Waals surface area contributed by atoms with Gasteiger partial charge < -0.3 is 5.32 Å². The Balaban J connectivity index is 2.13. The van der Waals surface area contributed by atoms with E-state index in [-0.39, 0.29) is 0 Å². The largest absolute Gasteiger partial charge is 0.314 e. The molecule has 0 bridgehead atoms. The van der Waals surface area contributed by atoms with Crippen LogP contribution in [-0.2, 0) is 0 Å². The second-order valence-corrected chi connectivity index (χ2v) is 5.41. The van der Waals surface area contributed by atoms with Crippen LogP contribution in [0.3, 0.4) is 0 Å². The van der Waals surface area contributed by atoms with E-state index in [0.29, 0.717) is 6.04 Å². The third-order valence-corrected chi connectivity index (χ3v) is 3.62. The number of hydrogen-bond acceptors (Lipinski definition) is 4. The number of aryl methyl sites for hydroxylation is 1. The highest BCUT2D eigenvalue weighted by Crippen LogP contribution is 2.21. The van der Waals surface area contributed by atoms with E-state index in [4.69, 9.17) is 0 Å². The van der Waals surface area contributed by atoms with Gasteiger partial charge in [-0.3, -0.25) is 0 Å². The summed E-state index contributed by atoms with van der Waals surface area (Å²) < 4.78 is 1.18. The molecule has 2 nitrogen and oxygen atoms in total. The van der Waals surface area contributed by atoms with Gasteiger partial charge in [0.15, 0.2) is 0 Å². The van der Waals surface area contributed by atoms with Gasteiger partial charge in [-0.2, -0.15) is 0 Å². The lowest BCUT2D eigenvalue weighted by Gasteiger charge is -2.05. The molecule has 0 saturated carbocycles.